The van der Waals surface area contributed by atoms with E-state index >= 15 is 0 Å². The fourth-order valence-electron chi connectivity index (χ4n) is 8.25. The van der Waals surface area contributed by atoms with Crippen molar-refractivity contribution in [3.05, 3.63) is 72.9 Å². The van der Waals surface area contributed by atoms with E-state index in [4.69, 9.17) is 14.2 Å². The summed E-state index contributed by atoms with van der Waals surface area (Å²) in [6.45, 7) is 13.4. The molecule has 0 aromatic rings. The molecule has 13 atom stereocenters. The highest BCUT2D eigenvalue weighted by Gasteiger charge is 2.49. The minimum absolute atomic E-state index is 0.0738. The van der Waals surface area contributed by atoms with Crippen molar-refractivity contribution in [3.8, 4) is 0 Å². The molecule has 5 N–H and O–H groups in total. The molecular weight excluding hydrogens is 777 g/mol. The first kappa shape index (κ1) is 54.2. The fraction of sp³-hybridized carbons (Fsp3) is 0.714. The lowest BCUT2D eigenvalue weighted by atomic mass is 9.78. The molecule has 0 bridgehead atoms. The maximum atomic E-state index is 13.9. The predicted octanol–water partition coefficient (Wildman–Crippen LogP) is 6.57. The second-order valence-electron chi connectivity index (χ2n) is 18.1. The van der Waals surface area contributed by atoms with Gasteiger partial charge < -0.3 is 49.5 Å². The number of aliphatic hydroxyl groups is 5. The van der Waals surface area contributed by atoms with E-state index in [1.165, 1.54) is 4.90 Å². The summed E-state index contributed by atoms with van der Waals surface area (Å²) in [5.74, 6) is -3.20. The first-order valence-electron chi connectivity index (χ1n) is 22.6. The number of aliphatic hydroxyl groups excluding tert-OH is 3. The fourth-order valence-corrected chi connectivity index (χ4v) is 8.25. The standard InChI is InChI=1S/C49H82N2O10/c1-11-12-13-14-15-16-17-18-19-20-21-22-23-24-25-26-27-28-29-30-41(52)51-33-35(2)32-48(7,57)45(61-46-43(54)40(50(9)10)31-37(4)60-46)38(5)42(53)36(3)34-59-47(56)49(8,58)44(55)39(51)6/h12-13,15-16,18-19,21-22,24-25,27-28,35-40,42-46,53-55,57-58H,11,14,17,20,23,26,29-34H2,1-10H3/t35-,36-,37-,38+,39-,40+,42+,43-,44-,45-,46+,48-,49+/m1/s1. The molecule has 2 heterocycles. The van der Waals surface area contributed by atoms with Gasteiger partial charge in [0.15, 0.2) is 11.9 Å². The number of allylic oxidation sites excluding steroid dienone is 12. The zero-order valence-electron chi connectivity index (χ0n) is 38.9. The Bertz CT molecular complexity index is 1470. The van der Waals surface area contributed by atoms with E-state index in [1.54, 1.807) is 27.7 Å². The number of nitrogens with zero attached hydrogens (tertiary/aromatic N) is 2. The van der Waals surface area contributed by atoms with Crippen LogP contribution < -0.4 is 0 Å². The maximum Gasteiger partial charge on any atom is 0.340 e. The van der Waals surface area contributed by atoms with Crippen LogP contribution in [-0.2, 0) is 23.8 Å². The number of cyclic esters (lactones) is 1. The normalized spacial score (nSPS) is 35.6. The van der Waals surface area contributed by atoms with Crippen molar-refractivity contribution in [3.63, 3.8) is 0 Å². The Hall–Kier alpha value is -2.94. The van der Waals surface area contributed by atoms with E-state index in [2.05, 4.69) is 67.7 Å². The van der Waals surface area contributed by atoms with Gasteiger partial charge in [0.2, 0.25) is 5.91 Å². The number of likely N-dealkylation sites (N-methyl/N-ethyl adjacent to an activating group) is 1. The van der Waals surface area contributed by atoms with E-state index in [-0.39, 0.29) is 50.0 Å². The van der Waals surface area contributed by atoms with Gasteiger partial charge in [-0.15, -0.1) is 0 Å². The highest BCUT2D eigenvalue weighted by atomic mass is 16.7. The second-order valence-corrected chi connectivity index (χ2v) is 18.1. The Morgan fingerprint density at radius 2 is 1.33 bits per heavy atom. The van der Waals surface area contributed by atoms with Gasteiger partial charge in [0, 0.05) is 30.8 Å². The van der Waals surface area contributed by atoms with Crippen molar-refractivity contribution >= 4 is 11.9 Å². The molecule has 0 unspecified atom stereocenters. The van der Waals surface area contributed by atoms with Gasteiger partial charge in [-0.25, -0.2) is 4.79 Å². The number of rotatable bonds is 17. The summed E-state index contributed by atoms with van der Waals surface area (Å²) < 4.78 is 18.0. The molecule has 12 nitrogen and oxygen atoms in total. The van der Waals surface area contributed by atoms with Gasteiger partial charge in [-0.05, 0) is 105 Å². The van der Waals surface area contributed by atoms with Gasteiger partial charge >= 0.3 is 5.97 Å². The van der Waals surface area contributed by atoms with E-state index in [0.29, 0.717) is 19.3 Å². The zero-order valence-corrected chi connectivity index (χ0v) is 38.9. The molecule has 0 aliphatic carbocycles. The van der Waals surface area contributed by atoms with Crippen molar-refractivity contribution in [2.45, 2.75) is 180 Å². The highest BCUT2D eigenvalue weighted by Crippen LogP contribution is 2.36. The molecule has 348 valence electrons. The van der Waals surface area contributed by atoms with Crippen LogP contribution in [0.2, 0.25) is 0 Å². The number of hydrogen-bond acceptors (Lipinski definition) is 11. The van der Waals surface area contributed by atoms with Gasteiger partial charge in [-0.2, -0.15) is 0 Å². The van der Waals surface area contributed by atoms with E-state index in [0.717, 1.165) is 39.0 Å². The van der Waals surface area contributed by atoms with Crippen LogP contribution in [0.5, 0.6) is 0 Å². The smallest absolute Gasteiger partial charge is 0.340 e. The molecule has 12 heteroatoms. The monoisotopic (exact) mass is 859 g/mol. The van der Waals surface area contributed by atoms with Crippen molar-refractivity contribution in [2.24, 2.45) is 17.8 Å². The molecule has 0 saturated carbocycles. The molecule has 0 aromatic carbocycles. The lowest BCUT2D eigenvalue weighted by molar-refractivity contribution is -0.299. The molecule has 1 amide bonds. The van der Waals surface area contributed by atoms with Crippen LogP contribution in [0.1, 0.15) is 120 Å². The van der Waals surface area contributed by atoms with E-state index < -0.39 is 65.8 Å². The van der Waals surface area contributed by atoms with E-state index in [1.807, 2.05) is 45.0 Å². The van der Waals surface area contributed by atoms with E-state index in [9.17, 15) is 35.1 Å². The zero-order chi connectivity index (χ0) is 45.8. The van der Waals surface area contributed by atoms with Crippen LogP contribution in [0.4, 0.5) is 0 Å². The van der Waals surface area contributed by atoms with Crippen LogP contribution in [-0.4, -0.2) is 135 Å². The molecular formula is C49H82N2O10. The Balaban J connectivity index is 2.17. The quantitative estimate of drug-likeness (QED) is 0.0793. The molecule has 0 aromatic heterocycles. The molecule has 61 heavy (non-hydrogen) atoms. The minimum Gasteiger partial charge on any atom is -0.463 e. The number of carbonyl (C=O) groups excluding carboxylic acids is 2. The van der Waals surface area contributed by atoms with Crippen molar-refractivity contribution in [1.82, 2.24) is 9.80 Å². The van der Waals surface area contributed by atoms with Gasteiger partial charge in [0.1, 0.15) is 12.2 Å². The third kappa shape index (κ3) is 18.0. The molecule has 2 rings (SSSR count). The van der Waals surface area contributed by atoms with Crippen molar-refractivity contribution < 1.29 is 49.3 Å². The van der Waals surface area contributed by atoms with Gasteiger partial charge in [0.25, 0.3) is 0 Å². The van der Waals surface area contributed by atoms with Crippen LogP contribution in [0, 0.1) is 17.8 Å². The first-order chi connectivity index (χ1) is 28.8. The van der Waals surface area contributed by atoms with Crippen molar-refractivity contribution in [1.29, 1.82) is 0 Å². The second kappa shape index (κ2) is 27.3. The molecule has 0 radical (unpaired) electrons. The average molecular weight is 859 g/mol. The lowest BCUT2D eigenvalue weighted by Crippen LogP contribution is -2.59. The number of hydrogen-bond donors (Lipinski definition) is 5. The lowest BCUT2D eigenvalue weighted by Gasteiger charge is -2.47. The molecule has 2 fully saturated rings. The largest absolute Gasteiger partial charge is 0.463 e. The number of esters is 1. The summed E-state index contributed by atoms with van der Waals surface area (Å²) in [7, 11) is 3.73. The molecule has 0 spiro atoms. The minimum atomic E-state index is -2.37. The van der Waals surface area contributed by atoms with Crippen molar-refractivity contribution in [2.75, 3.05) is 27.2 Å². The Morgan fingerprint density at radius 1 is 0.820 bits per heavy atom. The summed E-state index contributed by atoms with van der Waals surface area (Å²) in [6.07, 6.45) is 25.8. The third-order valence-electron chi connectivity index (χ3n) is 11.9. The first-order valence-corrected chi connectivity index (χ1v) is 22.6. The maximum absolute atomic E-state index is 13.9. The van der Waals surface area contributed by atoms with Crippen LogP contribution in [0.15, 0.2) is 72.9 Å². The van der Waals surface area contributed by atoms with Crippen LogP contribution >= 0.6 is 0 Å². The molecule has 2 aliphatic rings. The molecule has 2 saturated heterocycles. The van der Waals surface area contributed by atoms with Gasteiger partial charge in [-0.1, -0.05) is 101 Å². The number of amides is 1. The topological polar surface area (TPSA) is 169 Å². The summed E-state index contributed by atoms with van der Waals surface area (Å²) in [4.78, 5) is 30.6. The number of ether oxygens (including phenoxy) is 3. The molecule has 2 aliphatic heterocycles. The predicted molar refractivity (Wildman–Crippen MR) is 242 cm³/mol. The summed E-state index contributed by atoms with van der Waals surface area (Å²) >= 11 is 0. The summed E-state index contributed by atoms with van der Waals surface area (Å²) in [6, 6.07) is -1.28. The summed E-state index contributed by atoms with van der Waals surface area (Å²) in [5, 5.41) is 57.9. The average Bonchev–Trinajstić information content (AvgIpc) is 3.20. The highest BCUT2D eigenvalue weighted by molar-refractivity contribution is 5.80. The Labute approximate surface area is 367 Å². The third-order valence-corrected chi connectivity index (χ3v) is 11.9. The Kier molecular flexibility index (Phi) is 24.2. The SMILES string of the molecule is CCC=CCC=CCC=CCC=CCC=CCC=CCCC(=O)N1C[C@H](C)C[C@@](C)(O)[C@H](O[C@@H]2O[C@H](C)C[C@H](N(C)C)[C@H]2O)[C@@H](C)[C@@H](O)[C@H](C)COC(=O)[C@@](C)(O)[C@H](O)[C@H]1C. The number of carbonyl (C=O) groups is 2. The van der Waals surface area contributed by atoms with Gasteiger partial charge in [-0.3, -0.25) is 4.79 Å². The Morgan fingerprint density at radius 3 is 1.84 bits per heavy atom. The van der Waals surface area contributed by atoms with Crippen LogP contribution in [0.3, 0.4) is 0 Å². The summed E-state index contributed by atoms with van der Waals surface area (Å²) in [5.41, 5.74) is -3.98. The van der Waals surface area contributed by atoms with Crippen LogP contribution in [0.25, 0.3) is 0 Å². The van der Waals surface area contributed by atoms with Gasteiger partial charge in [0.05, 0.1) is 36.6 Å².